The summed E-state index contributed by atoms with van der Waals surface area (Å²) >= 11 is 1.32. The molecule has 150 valence electrons. The zero-order chi connectivity index (χ0) is 19.7. The largest absolute Gasteiger partial charge is 0.397 e. The molecular formula is C21H28N4O2S. The van der Waals surface area contributed by atoms with Crippen molar-refractivity contribution in [3.05, 3.63) is 22.7 Å². The highest BCUT2D eigenvalue weighted by molar-refractivity contribution is 7.21. The Balaban J connectivity index is 1.64. The molecule has 2 amide bonds. The second-order valence-electron chi connectivity index (χ2n) is 7.89. The fourth-order valence-corrected chi connectivity index (χ4v) is 5.61. The number of piperidine rings is 1. The first-order valence-electron chi connectivity index (χ1n) is 10.3. The topological polar surface area (TPSA) is 88.3 Å². The molecular weight excluding hydrogens is 372 g/mol. The molecule has 2 aliphatic rings. The molecule has 28 heavy (non-hydrogen) atoms. The van der Waals surface area contributed by atoms with Gasteiger partial charge in [-0.1, -0.05) is 19.3 Å². The number of carbonyl (C=O) groups is 2. The molecule has 4 rings (SSSR count). The van der Waals surface area contributed by atoms with Crippen molar-refractivity contribution in [2.75, 3.05) is 19.3 Å². The molecule has 1 aliphatic carbocycles. The zero-order valence-electron chi connectivity index (χ0n) is 16.4. The fraction of sp³-hybridized carbons (Fsp3) is 0.571. The molecule has 0 bridgehead atoms. The van der Waals surface area contributed by atoms with Gasteiger partial charge in [0.05, 0.1) is 17.4 Å². The van der Waals surface area contributed by atoms with Crippen LogP contribution < -0.4 is 11.1 Å². The van der Waals surface area contributed by atoms with E-state index < -0.39 is 0 Å². The molecule has 0 radical (unpaired) electrons. The summed E-state index contributed by atoms with van der Waals surface area (Å²) in [7, 11) is 1.60. The fourth-order valence-electron chi connectivity index (χ4n) is 4.57. The lowest BCUT2D eigenvalue weighted by atomic mass is 9.86. The first-order chi connectivity index (χ1) is 13.6. The number of anilines is 1. The number of nitrogens with zero attached hydrogens (tertiary/aromatic N) is 2. The van der Waals surface area contributed by atoms with Gasteiger partial charge in [-0.3, -0.25) is 9.59 Å². The Morgan fingerprint density at radius 3 is 2.64 bits per heavy atom. The maximum absolute atomic E-state index is 13.2. The van der Waals surface area contributed by atoms with Gasteiger partial charge in [0.2, 0.25) is 5.91 Å². The standard InChI is InChI=1S/C21H28N4O2S/c1-23-19(26)18-17(22)14-10-11-15(24-20(14)28-18)16-9-5-6-12-25(16)21(27)13-7-3-2-4-8-13/h10-11,13,16H,2-9,12,22H2,1H3,(H,23,26). The van der Waals surface area contributed by atoms with Gasteiger partial charge in [0, 0.05) is 24.9 Å². The van der Waals surface area contributed by atoms with Crippen LogP contribution in [0.5, 0.6) is 0 Å². The van der Waals surface area contributed by atoms with E-state index in [9.17, 15) is 9.59 Å². The van der Waals surface area contributed by atoms with E-state index in [-0.39, 0.29) is 17.9 Å². The van der Waals surface area contributed by atoms with Crippen LogP contribution in [0, 0.1) is 5.92 Å². The van der Waals surface area contributed by atoms with E-state index in [2.05, 4.69) is 10.2 Å². The van der Waals surface area contributed by atoms with Crippen LogP contribution >= 0.6 is 11.3 Å². The van der Waals surface area contributed by atoms with Crippen molar-refractivity contribution in [3.63, 3.8) is 0 Å². The lowest BCUT2D eigenvalue weighted by molar-refractivity contribution is -0.140. The van der Waals surface area contributed by atoms with Crippen molar-refractivity contribution in [2.24, 2.45) is 5.92 Å². The summed E-state index contributed by atoms with van der Waals surface area (Å²) in [6, 6.07) is 3.96. The number of carbonyl (C=O) groups excluding carboxylic acids is 2. The van der Waals surface area contributed by atoms with Gasteiger partial charge in [-0.15, -0.1) is 11.3 Å². The van der Waals surface area contributed by atoms with E-state index in [1.807, 2.05) is 12.1 Å². The Bertz CT molecular complexity index is 888. The molecule has 1 saturated carbocycles. The summed E-state index contributed by atoms with van der Waals surface area (Å²) in [5, 5.41) is 3.44. The van der Waals surface area contributed by atoms with Crippen LogP contribution in [-0.4, -0.2) is 35.3 Å². The number of amides is 2. The van der Waals surface area contributed by atoms with Crippen molar-refractivity contribution < 1.29 is 9.59 Å². The van der Waals surface area contributed by atoms with Crippen molar-refractivity contribution in [3.8, 4) is 0 Å². The predicted molar refractivity (Wildman–Crippen MR) is 112 cm³/mol. The Morgan fingerprint density at radius 2 is 1.89 bits per heavy atom. The molecule has 1 saturated heterocycles. The zero-order valence-corrected chi connectivity index (χ0v) is 17.2. The van der Waals surface area contributed by atoms with Gasteiger partial charge in [-0.2, -0.15) is 0 Å². The summed E-state index contributed by atoms with van der Waals surface area (Å²) in [4.78, 5) is 33.4. The lowest BCUT2D eigenvalue weighted by Gasteiger charge is -2.38. The average Bonchev–Trinajstić information content (AvgIpc) is 3.09. The van der Waals surface area contributed by atoms with Gasteiger partial charge in [-0.25, -0.2) is 4.98 Å². The Labute approximate surface area is 169 Å². The Morgan fingerprint density at radius 1 is 1.14 bits per heavy atom. The maximum Gasteiger partial charge on any atom is 0.263 e. The first-order valence-corrected chi connectivity index (χ1v) is 11.1. The van der Waals surface area contributed by atoms with Crippen molar-refractivity contribution in [1.29, 1.82) is 0 Å². The smallest absolute Gasteiger partial charge is 0.263 e. The van der Waals surface area contributed by atoms with E-state index in [0.29, 0.717) is 16.5 Å². The highest BCUT2D eigenvalue weighted by Crippen LogP contribution is 2.37. The number of hydrogen-bond acceptors (Lipinski definition) is 5. The third-order valence-corrected chi connectivity index (χ3v) is 7.24. The van der Waals surface area contributed by atoms with Gasteiger partial charge < -0.3 is 16.0 Å². The predicted octanol–water partition coefficient (Wildman–Crippen LogP) is 3.87. The number of thiophene rings is 1. The summed E-state index contributed by atoms with van der Waals surface area (Å²) in [6.07, 6.45) is 8.72. The monoisotopic (exact) mass is 400 g/mol. The van der Waals surface area contributed by atoms with Crippen LogP contribution in [0.2, 0.25) is 0 Å². The maximum atomic E-state index is 13.2. The number of rotatable bonds is 3. The summed E-state index contributed by atoms with van der Waals surface area (Å²) < 4.78 is 0. The molecule has 3 heterocycles. The quantitative estimate of drug-likeness (QED) is 0.818. The molecule has 1 atom stereocenters. The second-order valence-corrected chi connectivity index (χ2v) is 8.89. The number of nitrogen functional groups attached to an aromatic ring is 1. The molecule has 1 aliphatic heterocycles. The number of nitrogens with two attached hydrogens (primary N) is 1. The van der Waals surface area contributed by atoms with E-state index in [1.165, 1.54) is 17.8 Å². The minimum atomic E-state index is -0.186. The Hall–Kier alpha value is -2.15. The summed E-state index contributed by atoms with van der Waals surface area (Å²) in [5.41, 5.74) is 7.56. The van der Waals surface area contributed by atoms with Gasteiger partial charge in [0.15, 0.2) is 0 Å². The molecule has 3 N–H and O–H groups in total. The van der Waals surface area contributed by atoms with Crippen LogP contribution in [0.3, 0.4) is 0 Å². The van der Waals surface area contributed by atoms with Crippen LogP contribution in [0.25, 0.3) is 10.2 Å². The minimum absolute atomic E-state index is 0.0272. The van der Waals surface area contributed by atoms with Gasteiger partial charge in [-0.05, 0) is 44.2 Å². The molecule has 7 heteroatoms. The molecule has 2 aromatic heterocycles. The minimum Gasteiger partial charge on any atom is -0.397 e. The van der Waals surface area contributed by atoms with Crippen LogP contribution in [0.4, 0.5) is 5.69 Å². The molecule has 2 aromatic rings. The van der Waals surface area contributed by atoms with E-state index in [1.54, 1.807) is 7.05 Å². The number of pyridine rings is 1. The van der Waals surface area contributed by atoms with Crippen molar-refractivity contribution >= 4 is 39.1 Å². The number of likely N-dealkylation sites (tertiary alicyclic amines) is 1. The second kappa shape index (κ2) is 8.07. The van der Waals surface area contributed by atoms with Crippen molar-refractivity contribution in [2.45, 2.75) is 57.4 Å². The van der Waals surface area contributed by atoms with E-state index >= 15 is 0 Å². The molecule has 1 unspecified atom stereocenters. The van der Waals surface area contributed by atoms with Gasteiger partial charge in [0.25, 0.3) is 5.91 Å². The summed E-state index contributed by atoms with van der Waals surface area (Å²) in [5.74, 6) is 0.298. The number of aromatic nitrogens is 1. The van der Waals surface area contributed by atoms with E-state index in [0.717, 1.165) is 67.4 Å². The molecule has 6 nitrogen and oxygen atoms in total. The van der Waals surface area contributed by atoms with Crippen LogP contribution in [-0.2, 0) is 4.79 Å². The van der Waals surface area contributed by atoms with Crippen molar-refractivity contribution in [1.82, 2.24) is 15.2 Å². The normalized spacial score (nSPS) is 21.0. The number of nitrogens with one attached hydrogen (secondary N) is 1. The number of fused-ring (bicyclic) bond motifs is 1. The van der Waals surface area contributed by atoms with Crippen LogP contribution in [0.15, 0.2) is 12.1 Å². The molecule has 0 spiro atoms. The first kappa shape index (κ1) is 19.2. The van der Waals surface area contributed by atoms with E-state index in [4.69, 9.17) is 10.7 Å². The molecule has 2 fully saturated rings. The molecule has 0 aromatic carbocycles. The summed E-state index contributed by atoms with van der Waals surface area (Å²) in [6.45, 7) is 0.815. The lowest BCUT2D eigenvalue weighted by Crippen LogP contribution is -2.42. The van der Waals surface area contributed by atoms with Crippen LogP contribution in [0.1, 0.15) is 72.8 Å². The highest BCUT2D eigenvalue weighted by atomic mass is 32.1. The van der Waals surface area contributed by atoms with Gasteiger partial charge in [0.1, 0.15) is 9.71 Å². The number of hydrogen-bond donors (Lipinski definition) is 2. The third-order valence-electron chi connectivity index (χ3n) is 6.13. The highest BCUT2D eigenvalue weighted by Gasteiger charge is 2.33. The SMILES string of the molecule is CNC(=O)c1sc2nc(C3CCCCN3C(=O)C3CCCCC3)ccc2c1N. The van der Waals surface area contributed by atoms with Gasteiger partial charge >= 0.3 is 0 Å². The average molecular weight is 401 g/mol. The third kappa shape index (κ3) is 3.48. The Kier molecular flexibility index (Phi) is 5.53.